The second-order valence-corrected chi connectivity index (χ2v) is 7.97. The normalized spacial score (nSPS) is 19.9. The first kappa shape index (κ1) is 22.2. The van der Waals surface area contributed by atoms with Crippen LogP contribution in [0.25, 0.3) is 0 Å². The summed E-state index contributed by atoms with van der Waals surface area (Å²) in [5, 5.41) is 6.38. The fourth-order valence-electron chi connectivity index (χ4n) is 3.68. The predicted molar refractivity (Wildman–Crippen MR) is 108 cm³/mol. The number of benzene rings is 1. The van der Waals surface area contributed by atoms with Crippen molar-refractivity contribution < 1.29 is 18.0 Å². The lowest BCUT2D eigenvalue weighted by molar-refractivity contribution is -0.137. The molecule has 0 unspecified atom stereocenters. The molecule has 0 saturated carbocycles. The van der Waals surface area contributed by atoms with Crippen molar-refractivity contribution >= 4 is 5.91 Å². The number of pyridine rings is 1. The minimum atomic E-state index is -4.33. The van der Waals surface area contributed by atoms with E-state index in [4.69, 9.17) is 0 Å². The Labute approximate surface area is 174 Å². The highest BCUT2D eigenvalue weighted by atomic mass is 19.4. The largest absolute Gasteiger partial charge is 0.416 e. The van der Waals surface area contributed by atoms with Crippen LogP contribution in [-0.2, 0) is 24.1 Å². The molecule has 1 fully saturated rings. The molecule has 2 N–H and O–H groups in total. The van der Waals surface area contributed by atoms with Crippen LogP contribution < -0.4 is 10.6 Å². The van der Waals surface area contributed by atoms with Crippen LogP contribution in [0, 0.1) is 0 Å². The summed E-state index contributed by atoms with van der Waals surface area (Å²) in [4.78, 5) is 18.9. The number of aromatic nitrogens is 1. The van der Waals surface area contributed by atoms with E-state index in [2.05, 4.69) is 20.5 Å². The first-order valence-electron chi connectivity index (χ1n) is 10.0. The Morgan fingerprint density at radius 2 is 1.80 bits per heavy atom. The molecule has 0 radical (unpaired) electrons. The van der Waals surface area contributed by atoms with Gasteiger partial charge < -0.3 is 10.6 Å². The molecule has 162 valence electrons. The zero-order valence-corrected chi connectivity index (χ0v) is 17.1. The number of amides is 1. The number of likely N-dealkylation sites (tertiary alicyclic amines) is 1. The summed E-state index contributed by atoms with van der Waals surface area (Å²) in [6.07, 6.45) is -0.226. The highest BCUT2D eigenvalue weighted by molar-refractivity contribution is 5.82. The maximum atomic E-state index is 12.7. The molecule has 1 aromatic carbocycles. The third kappa shape index (κ3) is 6.03. The second-order valence-electron chi connectivity index (χ2n) is 7.97. The number of carbonyl (C=O) groups excluding carboxylic acids is 1. The summed E-state index contributed by atoms with van der Waals surface area (Å²) >= 11 is 0. The van der Waals surface area contributed by atoms with Crippen LogP contribution >= 0.6 is 0 Å². The Kier molecular flexibility index (Phi) is 7.10. The lowest BCUT2D eigenvalue weighted by atomic mass is 10.1. The van der Waals surface area contributed by atoms with Gasteiger partial charge in [0, 0.05) is 44.1 Å². The number of nitrogens with zero attached hydrogens (tertiary/aromatic N) is 2. The van der Waals surface area contributed by atoms with Crippen molar-refractivity contribution in [2.75, 3.05) is 6.54 Å². The first-order valence-corrected chi connectivity index (χ1v) is 10.0. The Morgan fingerprint density at radius 1 is 1.13 bits per heavy atom. The van der Waals surface area contributed by atoms with E-state index in [9.17, 15) is 18.0 Å². The van der Waals surface area contributed by atoms with Gasteiger partial charge in [0.1, 0.15) is 0 Å². The molecule has 0 aliphatic carbocycles. The molecule has 3 rings (SSSR count). The molecule has 1 aliphatic rings. The number of hydrogen-bond donors (Lipinski definition) is 2. The molecule has 0 spiro atoms. The zero-order valence-electron chi connectivity index (χ0n) is 17.1. The molecule has 1 saturated heterocycles. The SMILES string of the molecule is CC(C)NC(=O)[C@@H]1C[C@@H](NCc2ccc(C(F)(F)F)cc2)CN1Cc1ccncc1. The van der Waals surface area contributed by atoms with Gasteiger partial charge in [-0.25, -0.2) is 0 Å². The molecule has 0 bridgehead atoms. The van der Waals surface area contributed by atoms with Gasteiger partial charge in [0.15, 0.2) is 0 Å². The number of nitrogens with one attached hydrogen (secondary N) is 2. The van der Waals surface area contributed by atoms with Crippen LogP contribution in [0.15, 0.2) is 48.8 Å². The van der Waals surface area contributed by atoms with Crippen molar-refractivity contribution in [3.8, 4) is 0 Å². The van der Waals surface area contributed by atoms with E-state index >= 15 is 0 Å². The second kappa shape index (κ2) is 9.57. The first-order chi connectivity index (χ1) is 14.2. The summed E-state index contributed by atoms with van der Waals surface area (Å²) in [5.74, 6) is -0.00196. The monoisotopic (exact) mass is 420 g/mol. The molecular weight excluding hydrogens is 393 g/mol. The van der Waals surface area contributed by atoms with Crippen LogP contribution in [0.4, 0.5) is 13.2 Å². The predicted octanol–water partition coefficient (Wildman–Crippen LogP) is 3.36. The van der Waals surface area contributed by atoms with Crippen LogP contribution in [0.3, 0.4) is 0 Å². The van der Waals surface area contributed by atoms with Crippen molar-refractivity contribution in [2.24, 2.45) is 0 Å². The minimum absolute atomic E-state index is 0.00196. The standard InChI is InChI=1S/C22H27F3N4O/c1-15(2)28-21(30)20-11-19(14-29(20)13-17-7-9-26-10-8-17)27-12-16-3-5-18(6-4-16)22(23,24)25/h3-10,15,19-20,27H,11-14H2,1-2H3,(H,28,30)/t19-,20+/m1/s1. The number of rotatable bonds is 7. The lowest BCUT2D eigenvalue weighted by Gasteiger charge is -2.24. The quantitative estimate of drug-likeness (QED) is 0.721. The van der Waals surface area contributed by atoms with E-state index in [0.29, 0.717) is 26.1 Å². The number of halogens is 3. The third-order valence-electron chi connectivity index (χ3n) is 5.15. The van der Waals surface area contributed by atoms with Gasteiger partial charge in [0.25, 0.3) is 0 Å². The minimum Gasteiger partial charge on any atom is -0.353 e. The molecule has 1 aromatic heterocycles. The number of carbonyl (C=O) groups is 1. The van der Waals surface area contributed by atoms with Gasteiger partial charge in [-0.3, -0.25) is 14.7 Å². The maximum absolute atomic E-state index is 12.7. The molecule has 2 heterocycles. The van der Waals surface area contributed by atoms with Crippen molar-refractivity contribution in [2.45, 2.75) is 57.7 Å². The van der Waals surface area contributed by atoms with Crippen molar-refractivity contribution in [3.05, 3.63) is 65.5 Å². The molecule has 5 nitrogen and oxygen atoms in total. The molecule has 2 atom stereocenters. The fourth-order valence-corrected chi connectivity index (χ4v) is 3.68. The van der Waals surface area contributed by atoms with E-state index in [-0.39, 0.29) is 24.0 Å². The summed E-state index contributed by atoms with van der Waals surface area (Å²) < 4.78 is 38.2. The van der Waals surface area contributed by atoms with Crippen molar-refractivity contribution in [3.63, 3.8) is 0 Å². The molecule has 30 heavy (non-hydrogen) atoms. The number of hydrogen-bond acceptors (Lipinski definition) is 4. The molecule has 1 aliphatic heterocycles. The highest BCUT2D eigenvalue weighted by Gasteiger charge is 2.36. The smallest absolute Gasteiger partial charge is 0.353 e. The Hall–Kier alpha value is -2.45. The highest BCUT2D eigenvalue weighted by Crippen LogP contribution is 2.29. The van der Waals surface area contributed by atoms with Crippen LogP contribution in [0.5, 0.6) is 0 Å². The van der Waals surface area contributed by atoms with Crippen molar-refractivity contribution in [1.29, 1.82) is 0 Å². The van der Waals surface area contributed by atoms with Gasteiger partial charge in [-0.15, -0.1) is 0 Å². The van der Waals surface area contributed by atoms with E-state index in [1.54, 1.807) is 12.4 Å². The van der Waals surface area contributed by atoms with Crippen LogP contribution in [0.1, 0.15) is 37.0 Å². The van der Waals surface area contributed by atoms with Gasteiger partial charge in [0.2, 0.25) is 5.91 Å². The van der Waals surface area contributed by atoms with E-state index < -0.39 is 11.7 Å². The van der Waals surface area contributed by atoms with Crippen LogP contribution in [0.2, 0.25) is 0 Å². The van der Waals surface area contributed by atoms with E-state index in [0.717, 1.165) is 23.3 Å². The third-order valence-corrected chi connectivity index (χ3v) is 5.15. The molecule has 1 amide bonds. The average Bonchev–Trinajstić information content (AvgIpc) is 3.09. The van der Waals surface area contributed by atoms with Gasteiger partial charge in [-0.05, 0) is 55.7 Å². The fraction of sp³-hybridized carbons (Fsp3) is 0.455. The zero-order chi connectivity index (χ0) is 21.7. The number of alkyl halides is 3. The summed E-state index contributed by atoms with van der Waals surface area (Å²) in [6, 6.07) is 8.90. The Bertz CT molecular complexity index is 825. The lowest BCUT2D eigenvalue weighted by Crippen LogP contribution is -2.45. The summed E-state index contributed by atoms with van der Waals surface area (Å²) in [7, 11) is 0. The van der Waals surface area contributed by atoms with Crippen LogP contribution in [-0.4, -0.2) is 40.5 Å². The molecular formula is C22H27F3N4O. The summed E-state index contributed by atoms with van der Waals surface area (Å²) in [6.45, 7) is 5.63. The van der Waals surface area contributed by atoms with Gasteiger partial charge in [-0.1, -0.05) is 12.1 Å². The Morgan fingerprint density at radius 3 is 2.40 bits per heavy atom. The molecule has 8 heteroatoms. The van der Waals surface area contributed by atoms with Gasteiger partial charge in [0.05, 0.1) is 11.6 Å². The average molecular weight is 420 g/mol. The maximum Gasteiger partial charge on any atom is 0.416 e. The van der Waals surface area contributed by atoms with Gasteiger partial charge in [-0.2, -0.15) is 13.2 Å². The van der Waals surface area contributed by atoms with E-state index in [1.165, 1.54) is 12.1 Å². The van der Waals surface area contributed by atoms with E-state index in [1.807, 2.05) is 26.0 Å². The molecule has 2 aromatic rings. The summed E-state index contributed by atoms with van der Waals surface area (Å²) in [5.41, 5.74) is 1.20. The topological polar surface area (TPSA) is 57.3 Å². The van der Waals surface area contributed by atoms with Gasteiger partial charge >= 0.3 is 6.18 Å². The Balaban J connectivity index is 1.63. The van der Waals surface area contributed by atoms with Crippen molar-refractivity contribution in [1.82, 2.24) is 20.5 Å².